The molecule has 0 bridgehead atoms. The van der Waals surface area contributed by atoms with E-state index >= 15 is 0 Å². The first-order valence-electron chi connectivity index (χ1n) is 8.79. The lowest BCUT2D eigenvalue weighted by molar-refractivity contribution is -0.167. The van der Waals surface area contributed by atoms with E-state index in [1.165, 1.54) is 0 Å². The van der Waals surface area contributed by atoms with E-state index in [1.54, 1.807) is 0 Å². The summed E-state index contributed by atoms with van der Waals surface area (Å²) in [6.45, 7) is 7.54. The first-order chi connectivity index (χ1) is 10.6. The fourth-order valence-electron chi connectivity index (χ4n) is 2.62. The van der Waals surface area contributed by atoms with Crippen molar-refractivity contribution in [3.05, 3.63) is 0 Å². The summed E-state index contributed by atoms with van der Waals surface area (Å²) in [7, 11) is 0. The van der Waals surface area contributed by atoms with E-state index in [9.17, 15) is 4.79 Å². The number of carbonyl (C=O) groups is 1. The predicted octanol–water partition coefficient (Wildman–Crippen LogP) is 2.80. The summed E-state index contributed by atoms with van der Waals surface area (Å²) >= 11 is 0. The van der Waals surface area contributed by atoms with E-state index in [2.05, 4.69) is 13.8 Å². The number of carbonyl (C=O) groups excluding carboxylic acids is 1. The second-order valence-electron chi connectivity index (χ2n) is 6.13. The Bertz CT molecular complexity index is 311. The molecule has 1 heterocycles. The lowest BCUT2D eigenvalue weighted by atomic mass is 10.0. The highest BCUT2D eigenvalue weighted by atomic mass is 16.6. The molecule has 1 rings (SSSR count). The molecule has 2 N–H and O–H groups in total. The van der Waals surface area contributed by atoms with Crippen molar-refractivity contribution in [1.82, 2.24) is 0 Å². The molecule has 0 spiro atoms. The first kappa shape index (κ1) is 19.4. The number of unbranched alkanes of at least 4 members (excludes halogenated alkanes) is 2. The van der Waals surface area contributed by atoms with Crippen LogP contribution in [0.4, 0.5) is 0 Å². The van der Waals surface area contributed by atoms with Crippen LogP contribution in [0.25, 0.3) is 0 Å². The molecule has 0 saturated carbocycles. The summed E-state index contributed by atoms with van der Waals surface area (Å²) in [5.41, 5.74) is 5.86. The van der Waals surface area contributed by atoms with Crippen LogP contribution in [0.15, 0.2) is 0 Å². The van der Waals surface area contributed by atoms with Crippen LogP contribution < -0.4 is 5.73 Å². The Balaban J connectivity index is 2.72. The van der Waals surface area contributed by atoms with Crippen LogP contribution in [0.3, 0.4) is 0 Å². The van der Waals surface area contributed by atoms with Gasteiger partial charge in [0, 0.05) is 13.2 Å². The second-order valence-corrected chi connectivity index (χ2v) is 6.13. The molecule has 5 heteroatoms. The minimum Gasteiger partial charge on any atom is -0.459 e. The molecule has 0 unspecified atom stereocenters. The summed E-state index contributed by atoms with van der Waals surface area (Å²) in [5, 5.41) is 0. The largest absolute Gasteiger partial charge is 0.459 e. The van der Waals surface area contributed by atoms with E-state index in [0.717, 1.165) is 45.1 Å². The van der Waals surface area contributed by atoms with Crippen molar-refractivity contribution in [3.8, 4) is 0 Å². The highest BCUT2D eigenvalue weighted by molar-refractivity contribution is 5.75. The predicted molar refractivity (Wildman–Crippen MR) is 86.7 cm³/mol. The molecule has 0 aromatic heterocycles. The van der Waals surface area contributed by atoms with E-state index < -0.39 is 6.04 Å². The van der Waals surface area contributed by atoms with Gasteiger partial charge in [-0.25, -0.2) is 0 Å². The van der Waals surface area contributed by atoms with Gasteiger partial charge in [0.2, 0.25) is 0 Å². The summed E-state index contributed by atoms with van der Waals surface area (Å²) in [4.78, 5) is 11.9. The van der Waals surface area contributed by atoms with Crippen LogP contribution in [0.1, 0.15) is 65.7 Å². The molecule has 0 radical (unpaired) electrons. The third-order valence-corrected chi connectivity index (χ3v) is 4.08. The van der Waals surface area contributed by atoms with Crippen LogP contribution in [-0.4, -0.2) is 43.5 Å². The molecule has 1 aliphatic rings. The van der Waals surface area contributed by atoms with Gasteiger partial charge in [0.05, 0.1) is 6.10 Å². The molecule has 1 fully saturated rings. The fourth-order valence-corrected chi connectivity index (χ4v) is 2.62. The van der Waals surface area contributed by atoms with Gasteiger partial charge in [-0.1, -0.05) is 26.7 Å². The van der Waals surface area contributed by atoms with E-state index in [1.807, 2.05) is 6.92 Å². The van der Waals surface area contributed by atoms with Crippen LogP contribution in [0.5, 0.6) is 0 Å². The SMILES string of the molecule is CCCCO[C@H]1[C@H](C)OC(=O)[C@@H](N)CCC[C@@H]1OCCCC. The minimum atomic E-state index is -0.534. The molecule has 0 amide bonds. The van der Waals surface area contributed by atoms with E-state index in [-0.39, 0.29) is 24.3 Å². The van der Waals surface area contributed by atoms with E-state index in [0.29, 0.717) is 13.0 Å². The Morgan fingerprint density at radius 1 is 1.14 bits per heavy atom. The van der Waals surface area contributed by atoms with Gasteiger partial charge in [-0.3, -0.25) is 4.79 Å². The smallest absolute Gasteiger partial charge is 0.323 e. The molecule has 4 atom stereocenters. The standard InChI is InChI=1S/C17H33NO4/c1-4-6-11-20-15-10-8-9-14(18)17(19)22-13(3)16(15)21-12-7-5-2/h13-16H,4-12,18H2,1-3H3/t13-,14-,15-,16-/m0/s1. The Hall–Kier alpha value is -0.650. The van der Waals surface area contributed by atoms with Crippen LogP contribution >= 0.6 is 0 Å². The third-order valence-electron chi connectivity index (χ3n) is 4.08. The molecule has 130 valence electrons. The zero-order valence-corrected chi connectivity index (χ0v) is 14.4. The van der Waals surface area contributed by atoms with Crippen molar-refractivity contribution in [2.45, 2.75) is 90.1 Å². The topological polar surface area (TPSA) is 70.8 Å². The maximum Gasteiger partial charge on any atom is 0.323 e. The van der Waals surface area contributed by atoms with Crippen molar-refractivity contribution in [1.29, 1.82) is 0 Å². The molecule has 5 nitrogen and oxygen atoms in total. The number of ether oxygens (including phenoxy) is 3. The van der Waals surface area contributed by atoms with Crippen molar-refractivity contribution in [2.75, 3.05) is 13.2 Å². The van der Waals surface area contributed by atoms with Crippen molar-refractivity contribution in [3.63, 3.8) is 0 Å². The van der Waals surface area contributed by atoms with Gasteiger partial charge in [-0.15, -0.1) is 0 Å². The van der Waals surface area contributed by atoms with Gasteiger partial charge in [-0.05, 0) is 39.0 Å². The first-order valence-corrected chi connectivity index (χ1v) is 8.79. The van der Waals surface area contributed by atoms with Gasteiger partial charge in [-0.2, -0.15) is 0 Å². The average Bonchev–Trinajstić information content (AvgIpc) is 2.53. The normalized spacial score (nSPS) is 30.3. The second kappa shape index (κ2) is 11.0. The van der Waals surface area contributed by atoms with E-state index in [4.69, 9.17) is 19.9 Å². The lowest BCUT2D eigenvalue weighted by Crippen LogP contribution is -2.43. The summed E-state index contributed by atoms with van der Waals surface area (Å²) in [5.74, 6) is -0.328. The highest BCUT2D eigenvalue weighted by Gasteiger charge is 2.33. The Kier molecular flexibility index (Phi) is 9.68. The number of hydrogen-bond acceptors (Lipinski definition) is 5. The van der Waals surface area contributed by atoms with Crippen molar-refractivity contribution >= 4 is 5.97 Å². The molecule has 1 aliphatic heterocycles. The van der Waals surface area contributed by atoms with Gasteiger partial charge in [0.15, 0.2) is 0 Å². The lowest BCUT2D eigenvalue weighted by Gasteiger charge is -2.31. The molecule has 0 aromatic carbocycles. The molecular formula is C17H33NO4. The highest BCUT2D eigenvalue weighted by Crippen LogP contribution is 2.21. The molecular weight excluding hydrogens is 282 g/mol. The number of rotatable bonds is 8. The van der Waals surface area contributed by atoms with Crippen LogP contribution in [0.2, 0.25) is 0 Å². The maximum atomic E-state index is 11.9. The zero-order chi connectivity index (χ0) is 16.4. The Morgan fingerprint density at radius 3 is 2.41 bits per heavy atom. The summed E-state index contributed by atoms with van der Waals surface area (Å²) in [6.07, 6.45) is 5.99. The molecule has 22 heavy (non-hydrogen) atoms. The van der Waals surface area contributed by atoms with Gasteiger partial charge >= 0.3 is 5.97 Å². The monoisotopic (exact) mass is 315 g/mol. The molecule has 0 aromatic rings. The quantitative estimate of drug-likeness (QED) is 0.551. The zero-order valence-electron chi connectivity index (χ0n) is 14.4. The van der Waals surface area contributed by atoms with Crippen LogP contribution in [0, 0.1) is 0 Å². The number of cyclic esters (lactones) is 1. The third kappa shape index (κ3) is 6.63. The van der Waals surface area contributed by atoms with Gasteiger partial charge in [0.1, 0.15) is 18.2 Å². The molecule has 1 saturated heterocycles. The van der Waals surface area contributed by atoms with Gasteiger partial charge in [0.25, 0.3) is 0 Å². The Labute approximate surface area is 134 Å². The Morgan fingerprint density at radius 2 is 1.77 bits per heavy atom. The van der Waals surface area contributed by atoms with Crippen LogP contribution in [-0.2, 0) is 19.0 Å². The van der Waals surface area contributed by atoms with Crippen molar-refractivity contribution in [2.24, 2.45) is 5.73 Å². The number of esters is 1. The maximum absolute atomic E-state index is 11.9. The number of hydrogen-bond donors (Lipinski definition) is 1. The van der Waals surface area contributed by atoms with Crippen molar-refractivity contribution < 1.29 is 19.0 Å². The summed E-state index contributed by atoms with van der Waals surface area (Å²) in [6, 6.07) is -0.534. The number of nitrogens with two attached hydrogens (primary N) is 1. The minimum absolute atomic E-state index is 0.0310. The fraction of sp³-hybridized carbons (Fsp3) is 0.941. The summed E-state index contributed by atoms with van der Waals surface area (Å²) < 4.78 is 17.5. The molecule has 0 aliphatic carbocycles. The van der Waals surface area contributed by atoms with Gasteiger partial charge < -0.3 is 19.9 Å². The average molecular weight is 315 g/mol.